The zero-order valence-corrected chi connectivity index (χ0v) is 55.1. The first-order valence-electron chi connectivity index (χ1n) is 31.1. The van der Waals surface area contributed by atoms with Gasteiger partial charge in [0.25, 0.3) is 0 Å². The van der Waals surface area contributed by atoms with Gasteiger partial charge in [0, 0.05) is 12.6 Å². The molecular weight excluding hydrogens is 1310 g/mol. The van der Waals surface area contributed by atoms with Crippen molar-refractivity contribution >= 4 is 27.8 Å². The van der Waals surface area contributed by atoms with Crippen molar-refractivity contribution in [1.82, 2.24) is 5.32 Å². The lowest BCUT2D eigenvalue weighted by Gasteiger charge is -2.09. The molecule has 0 saturated heterocycles. The molecule has 1 N–H and O–H groups in total. The summed E-state index contributed by atoms with van der Waals surface area (Å²) in [5.74, 6) is -9.59. The van der Waals surface area contributed by atoms with Gasteiger partial charge in [-0.15, -0.1) is 0 Å². The van der Waals surface area contributed by atoms with Gasteiger partial charge in [-0.2, -0.15) is 8.78 Å². The van der Waals surface area contributed by atoms with Crippen LogP contribution in [0.2, 0.25) is 0 Å². The minimum Gasteiger partial charge on any atom is -0.420 e. The summed E-state index contributed by atoms with van der Waals surface area (Å²) in [5.41, 5.74) is 0. The molecule has 0 aliphatic heterocycles. The van der Waals surface area contributed by atoms with E-state index >= 15 is 0 Å². The van der Waals surface area contributed by atoms with Crippen LogP contribution in [0.1, 0.15) is 6.42 Å². The SMILES string of the molecule is O=C(CBr)NCCOCCOCCOCCOCCOCCOCCOCCOCCOCCOCCOCCOCCOCCOCCOCCOCCOCCOCCOCCOCCOCCOCCOCCOCCC(=O)Oc1c(F)c(F)cc(F)c1F. The number of carbonyl (C=O) groups excluding carboxylic acids is 2. The van der Waals surface area contributed by atoms with E-state index in [0.717, 1.165) is 0 Å². The number of rotatable bonds is 77. The molecule has 0 saturated carbocycles. The van der Waals surface area contributed by atoms with Crippen LogP contribution >= 0.6 is 15.9 Å². The zero-order valence-electron chi connectivity index (χ0n) is 53.6. The van der Waals surface area contributed by atoms with Gasteiger partial charge >= 0.3 is 5.97 Å². The lowest BCUT2D eigenvalue weighted by molar-refractivity contribution is -0.136. The van der Waals surface area contributed by atoms with Gasteiger partial charge in [-0.05, 0) is 0 Å². The van der Waals surface area contributed by atoms with Crippen LogP contribution in [0, 0.1) is 23.3 Å². The second-order valence-electron chi connectivity index (χ2n) is 18.2. The lowest BCUT2D eigenvalue weighted by Crippen LogP contribution is -2.28. The van der Waals surface area contributed by atoms with Crippen LogP contribution in [-0.2, 0) is 123 Å². The van der Waals surface area contributed by atoms with E-state index in [0.29, 0.717) is 304 Å². The number of nitrogens with one attached hydrogen (secondary N) is 1. The first kappa shape index (κ1) is 87.4. The van der Waals surface area contributed by atoms with Crippen molar-refractivity contribution < 1.29 is 146 Å². The second kappa shape index (κ2) is 72.7. The number of halogens is 5. The average Bonchev–Trinajstić information content (AvgIpc) is 1.17. The van der Waals surface area contributed by atoms with Crippen LogP contribution in [0.4, 0.5) is 17.6 Å². The maximum absolute atomic E-state index is 13.6. The Hall–Kier alpha value is -2.60. The van der Waals surface area contributed by atoms with Gasteiger partial charge in [-0.1, -0.05) is 15.9 Å². The summed E-state index contributed by atoms with van der Waals surface area (Å²) in [6.07, 6.45) is -0.402. The molecule has 1 rings (SSSR count). The highest BCUT2D eigenvalue weighted by molar-refractivity contribution is 9.09. The zero-order chi connectivity index (χ0) is 66.2. The van der Waals surface area contributed by atoms with Gasteiger partial charge in [0.1, 0.15) is 0 Å². The van der Waals surface area contributed by atoms with Crippen LogP contribution in [0.5, 0.6) is 5.75 Å². The van der Waals surface area contributed by atoms with E-state index in [9.17, 15) is 27.2 Å². The Bertz CT molecular complexity index is 1710. The smallest absolute Gasteiger partial charge is 0.313 e. The minimum atomic E-state index is -1.80. The molecule has 33 heteroatoms. The molecule has 0 bridgehead atoms. The normalized spacial score (nSPS) is 11.6. The van der Waals surface area contributed by atoms with E-state index in [1.807, 2.05) is 0 Å². The first-order chi connectivity index (χ1) is 45.4. The van der Waals surface area contributed by atoms with Gasteiger partial charge in [-0.25, -0.2) is 8.78 Å². The highest BCUT2D eigenvalue weighted by Crippen LogP contribution is 2.26. The molecule has 0 unspecified atom stereocenters. The van der Waals surface area contributed by atoms with Gasteiger partial charge < -0.3 is 124 Å². The fourth-order valence-electron chi connectivity index (χ4n) is 6.43. The summed E-state index contributed by atoms with van der Waals surface area (Å²) in [6.45, 7) is 20.9. The molecule has 542 valence electrons. The van der Waals surface area contributed by atoms with Crippen molar-refractivity contribution in [2.75, 3.05) is 329 Å². The number of alkyl halides is 1. The third kappa shape index (κ3) is 63.5. The van der Waals surface area contributed by atoms with Crippen LogP contribution < -0.4 is 10.1 Å². The maximum atomic E-state index is 13.6. The summed E-state index contributed by atoms with van der Waals surface area (Å²) < 4.78 is 189. The standard InChI is InChI=1S/C59H104BrF4NO27/c60-52-55(66)65-2-4-69-6-8-71-10-12-73-14-16-75-18-20-77-22-24-79-26-28-81-30-32-83-34-36-85-38-40-87-42-44-89-46-48-91-50-49-90-47-45-88-43-41-86-39-37-84-35-33-82-31-29-80-27-25-78-23-21-76-19-17-74-15-13-72-11-9-70-7-5-68-3-1-56(67)92-59-57(63)53(61)51-54(62)58(59)64/h51H,1-50,52H2,(H,65,66). The van der Waals surface area contributed by atoms with Crippen molar-refractivity contribution in [2.45, 2.75) is 6.42 Å². The molecule has 0 radical (unpaired) electrons. The monoisotopic (exact) mass is 1410 g/mol. The highest BCUT2D eigenvalue weighted by Gasteiger charge is 2.23. The number of carbonyl (C=O) groups is 2. The maximum Gasteiger partial charge on any atom is 0.313 e. The summed E-state index contributed by atoms with van der Waals surface area (Å²) in [7, 11) is 0. The summed E-state index contributed by atoms with van der Waals surface area (Å²) >= 11 is 3.08. The van der Waals surface area contributed by atoms with Crippen molar-refractivity contribution in [3.63, 3.8) is 0 Å². The molecule has 0 fully saturated rings. The molecule has 0 heterocycles. The van der Waals surface area contributed by atoms with E-state index in [1.165, 1.54) is 0 Å². The van der Waals surface area contributed by atoms with Gasteiger partial charge in [-0.3, -0.25) is 9.59 Å². The number of benzene rings is 1. The van der Waals surface area contributed by atoms with Gasteiger partial charge in [0.05, 0.1) is 329 Å². The van der Waals surface area contributed by atoms with Crippen LogP contribution in [0.15, 0.2) is 6.07 Å². The number of ether oxygens (including phenoxy) is 25. The summed E-state index contributed by atoms with van der Waals surface area (Å²) in [5, 5.41) is 2.98. The molecule has 0 aliphatic carbocycles. The molecule has 0 spiro atoms. The van der Waals surface area contributed by atoms with E-state index in [4.69, 9.17) is 114 Å². The topological polar surface area (TPSA) is 277 Å². The molecule has 0 atom stereocenters. The molecular formula is C59H104BrF4NO27. The van der Waals surface area contributed by atoms with Gasteiger partial charge in [0.2, 0.25) is 23.3 Å². The summed E-state index contributed by atoms with van der Waals surface area (Å²) in [4.78, 5) is 22.8. The molecule has 1 aromatic rings. The van der Waals surface area contributed by atoms with Crippen molar-refractivity contribution in [1.29, 1.82) is 0 Å². The Morgan fingerprint density at radius 3 is 0.609 bits per heavy atom. The second-order valence-corrected chi connectivity index (χ2v) is 18.8. The quantitative estimate of drug-likeness (QED) is 0.0245. The molecule has 28 nitrogen and oxygen atoms in total. The van der Waals surface area contributed by atoms with Crippen molar-refractivity contribution in [3.8, 4) is 5.75 Å². The fourth-order valence-corrected chi connectivity index (χ4v) is 6.63. The average molecular weight is 1420 g/mol. The van der Waals surface area contributed by atoms with Crippen molar-refractivity contribution in [2.24, 2.45) is 0 Å². The number of hydrogen-bond donors (Lipinski definition) is 1. The van der Waals surface area contributed by atoms with E-state index < -0.39 is 41.4 Å². The lowest BCUT2D eigenvalue weighted by atomic mass is 10.3. The Labute approximate surface area is 547 Å². The van der Waals surface area contributed by atoms with Gasteiger partial charge in [0.15, 0.2) is 11.6 Å². The first-order valence-corrected chi connectivity index (χ1v) is 32.2. The molecule has 92 heavy (non-hydrogen) atoms. The number of amides is 1. The van der Waals surface area contributed by atoms with Crippen LogP contribution in [0.25, 0.3) is 0 Å². The third-order valence-electron chi connectivity index (χ3n) is 11.0. The number of hydrogen-bond acceptors (Lipinski definition) is 27. The predicted molar refractivity (Wildman–Crippen MR) is 323 cm³/mol. The van der Waals surface area contributed by atoms with E-state index in [2.05, 4.69) is 26.0 Å². The minimum absolute atomic E-state index is 0.0159. The van der Waals surface area contributed by atoms with E-state index in [-0.39, 0.29) is 37.1 Å². The Balaban J connectivity index is 1.61. The van der Waals surface area contributed by atoms with Crippen molar-refractivity contribution in [3.05, 3.63) is 29.3 Å². The molecule has 1 aromatic carbocycles. The molecule has 0 aliphatic rings. The largest absolute Gasteiger partial charge is 0.420 e. The number of esters is 1. The van der Waals surface area contributed by atoms with Crippen LogP contribution in [0.3, 0.4) is 0 Å². The fraction of sp³-hybridized carbons (Fsp3) is 0.864. The predicted octanol–water partition coefficient (Wildman–Crippen LogP) is 2.45. The molecule has 1 amide bonds. The Morgan fingerprint density at radius 2 is 0.435 bits per heavy atom. The van der Waals surface area contributed by atoms with E-state index in [1.54, 1.807) is 0 Å². The summed E-state index contributed by atoms with van der Waals surface area (Å²) in [6, 6.07) is 0.0159. The third-order valence-corrected chi connectivity index (χ3v) is 11.5. The molecule has 0 aromatic heterocycles. The highest BCUT2D eigenvalue weighted by atomic mass is 79.9. The van der Waals surface area contributed by atoms with Crippen LogP contribution in [-0.4, -0.2) is 341 Å². The Morgan fingerprint density at radius 1 is 0.272 bits per heavy atom. The Kier molecular flexibility index (Phi) is 69.0.